The van der Waals surface area contributed by atoms with Crippen molar-refractivity contribution in [1.82, 2.24) is 14.5 Å². The second-order valence-electron chi connectivity index (χ2n) is 5.82. The molecular formula is C20H14ClN3O2S. The van der Waals surface area contributed by atoms with E-state index in [9.17, 15) is 9.59 Å². The molecule has 134 valence electrons. The van der Waals surface area contributed by atoms with Crippen molar-refractivity contribution < 1.29 is 4.79 Å². The highest BCUT2D eigenvalue weighted by molar-refractivity contribution is 7.99. The third-order valence-corrected chi connectivity index (χ3v) is 5.25. The van der Waals surface area contributed by atoms with Crippen LogP contribution in [0.3, 0.4) is 0 Å². The zero-order valence-corrected chi connectivity index (χ0v) is 15.6. The standard InChI is InChI=1S/C20H14ClN3O2S/c21-13-7-9-14(10-8-13)24-19(26)15-4-1-2-5-16(15)23-20(24)27-12-18(25)17-6-3-11-22-17/h1-11,22H,12H2. The number of fused-ring (bicyclic) bond motifs is 1. The van der Waals surface area contributed by atoms with Crippen LogP contribution in [0.2, 0.25) is 5.02 Å². The number of nitrogens with one attached hydrogen (secondary N) is 1. The second kappa shape index (κ2) is 7.42. The minimum Gasteiger partial charge on any atom is -0.359 e. The molecule has 0 spiro atoms. The van der Waals surface area contributed by atoms with Crippen molar-refractivity contribution in [3.05, 3.63) is 87.9 Å². The first kappa shape index (κ1) is 17.6. The normalized spacial score (nSPS) is 11.0. The van der Waals surface area contributed by atoms with E-state index in [4.69, 9.17) is 11.6 Å². The summed E-state index contributed by atoms with van der Waals surface area (Å²) in [6.45, 7) is 0. The van der Waals surface area contributed by atoms with E-state index in [0.29, 0.717) is 32.5 Å². The Morgan fingerprint density at radius 1 is 1.07 bits per heavy atom. The average molecular weight is 396 g/mol. The fourth-order valence-electron chi connectivity index (χ4n) is 2.74. The van der Waals surface area contributed by atoms with Crippen molar-refractivity contribution in [3.63, 3.8) is 0 Å². The Morgan fingerprint density at radius 2 is 1.85 bits per heavy atom. The number of thioether (sulfide) groups is 1. The highest BCUT2D eigenvalue weighted by Gasteiger charge is 2.15. The fourth-order valence-corrected chi connectivity index (χ4v) is 3.76. The molecule has 1 N–H and O–H groups in total. The van der Waals surface area contributed by atoms with Gasteiger partial charge in [-0.1, -0.05) is 35.5 Å². The number of aromatic nitrogens is 3. The lowest BCUT2D eigenvalue weighted by Crippen LogP contribution is -2.22. The van der Waals surface area contributed by atoms with Crippen LogP contribution < -0.4 is 5.56 Å². The van der Waals surface area contributed by atoms with Gasteiger partial charge in [-0.2, -0.15) is 0 Å². The summed E-state index contributed by atoms with van der Waals surface area (Å²) in [7, 11) is 0. The van der Waals surface area contributed by atoms with Gasteiger partial charge >= 0.3 is 0 Å². The highest BCUT2D eigenvalue weighted by atomic mass is 35.5. The second-order valence-corrected chi connectivity index (χ2v) is 7.20. The predicted octanol–water partition coefficient (Wildman–Crippen LogP) is 4.34. The van der Waals surface area contributed by atoms with E-state index >= 15 is 0 Å². The molecule has 4 rings (SSSR count). The van der Waals surface area contributed by atoms with Gasteiger partial charge in [-0.15, -0.1) is 0 Å². The van der Waals surface area contributed by atoms with E-state index in [1.165, 1.54) is 16.3 Å². The maximum atomic E-state index is 13.1. The number of ketones is 1. The minimum atomic E-state index is -0.183. The number of benzene rings is 2. The zero-order valence-electron chi connectivity index (χ0n) is 14.1. The maximum absolute atomic E-state index is 13.1. The molecule has 0 atom stereocenters. The molecule has 4 aromatic rings. The van der Waals surface area contributed by atoms with E-state index < -0.39 is 0 Å². The first-order chi connectivity index (χ1) is 13.1. The third-order valence-electron chi connectivity index (χ3n) is 4.06. The topological polar surface area (TPSA) is 67.8 Å². The molecule has 2 aromatic carbocycles. The Bertz CT molecular complexity index is 1170. The molecule has 7 heteroatoms. The molecule has 0 fully saturated rings. The van der Waals surface area contributed by atoms with Crippen molar-refractivity contribution >= 4 is 40.0 Å². The molecule has 5 nitrogen and oxygen atoms in total. The summed E-state index contributed by atoms with van der Waals surface area (Å²) in [5.41, 5.74) is 1.60. The number of halogens is 1. The first-order valence-corrected chi connectivity index (χ1v) is 9.57. The number of nitrogens with zero attached hydrogens (tertiary/aromatic N) is 2. The summed E-state index contributed by atoms with van der Waals surface area (Å²) in [5, 5.41) is 1.56. The Labute approximate surface area is 164 Å². The van der Waals surface area contributed by atoms with Gasteiger partial charge in [0.2, 0.25) is 0 Å². The Balaban J connectivity index is 1.80. The van der Waals surface area contributed by atoms with Gasteiger partial charge in [-0.25, -0.2) is 4.98 Å². The Hall–Kier alpha value is -2.83. The Morgan fingerprint density at radius 3 is 2.59 bits per heavy atom. The lowest BCUT2D eigenvalue weighted by Gasteiger charge is -2.13. The highest BCUT2D eigenvalue weighted by Crippen LogP contribution is 2.23. The molecule has 0 bridgehead atoms. The number of Topliss-reactive ketones (excluding diaryl/α,β-unsaturated/α-hetero) is 1. The SMILES string of the molecule is O=C(CSc1nc2ccccc2c(=O)n1-c1ccc(Cl)cc1)c1ccc[nH]1. The van der Waals surface area contributed by atoms with Gasteiger partial charge in [0.25, 0.3) is 5.56 Å². The molecule has 0 radical (unpaired) electrons. The molecule has 0 saturated heterocycles. The van der Waals surface area contributed by atoms with E-state index in [1.807, 2.05) is 6.07 Å². The summed E-state index contributed by atoms with van der Waals surface area (Å²) in [6, 6.07) is 17.6. The number of hydrogen-bond donors (Lipinski definition) is 1. The van der Waals surface area contributed by atoms with Crippen LogP contribution in [-0.4, -0.2) is 26.1 Å². The summed E-state index contributed by atoms with van der Waals surface area (Å²) >= 11 is 7.21. The molecule has 0 aliphatic carbocycles. The number of rotatable bonds is 5. The van der Waals surface area contributed by atoms with Gasteiger partial charge in [-0.05, 0) is 48.5 Å². The van der Waals surface area contributed by atoms with Gasteiger partial charge in [0.1, 0.15) is 0 Å². The predicted molar refractivity (Wildman–Crippen MR) is 108 cm³/mol. The molecule has 27 heavy (non-hydrogen) atoms. The van der Waals surface area contributed by atoms with E-state index in [-0.39, 0.29) is 17.1 Å². The number of carbonyl (C=O) groups is 1. The van der Waals surface area contributed by atoms with Crippen LogP contribution in [-0.2, 0) is 0 Å². The summed E-state index contributed by atoms with van der Waals surface area (Å²) in [5.74, 6) is 0.105. The Kier molecular flexibility index (Phi) is 4.83. The quantitative estimate of drug-likeness (QED) is 0.310. The van der Waals surface area contributed by atoms with Crippen LogP contribution in [0.1, 0.15) is 10.5 Å². The van der Waals surface area contributed by atoms with Crippen molar-refractivity contribution in [2.24, 2.45) is 0 Å². The zero-order chi connectivity index (χ0) is 18.8. The molecular weight excluding hydrogens is 382 g/mol. The van der Waals surface area contributed by atoms with Gasteiger partial charge in [0, 0.05) is 11.2 Å². The molecule has 2 aromatic heterocycles. The van der Waals surface area contributed by atoms with Crippen molar-refractivity contribution in [3.8, 4) is 5.69 Å². The van der Waals surface area contributed by atoms with E-state index in [1.54, 1.807) is 60.8 Å². The van der Waals surface area contributed by atoms with Crippen LogP contribution in [0, 0.1) is 0 Å². The summed E-state index contributed by atoms with van der Waals surface area (Å²) < 4.78 is 1.52. The molecule has 2 heterocycles. The smallest absolute Gasteiger partial charge is 0.266 e. The van der Waals surface area contributed by atoms with Gasteiger partial charge < -0.3 is 4.98 Å². The van der Waals surface area contributed by atoms with Gasteiger partial charge in [0.05, 0.1) is 28.0 Å². The van der Waals surface area contributed by atoms with E-state index in [0.717, 1.165) is 0 Å². The lowest BCUT2D eigenvalue weighted by molar-refractivity contribution is 0.101. The summed E-state index contributed by atoms with van der Waals surface area (Å²) in [6.07, 6.45) is 1.70. The van der Waals surface area contributed by atoms with Crippen LogP contribution in [0.15, 0.2) is 76.8 Å². The third kappa shape index (κ3) is 3.54. The molecule has 0 aliphatic heterocycles. The van der Waals surface area contributed by atoms with Gasteiger partial charge in [-0.3, -0.25) is 14.2 Å². The maximum Gasteiger partial charge on any atom is 0.266 e. The molecule has 0 aliphatic rings. The minimum absolute atomic E-state index is 0.0601. The van der Waals surface area contributed by atoms with Crippen molar-refractivity contribution in [2.45, 2.75) is 5.16 Å². The molecule has 0 unspecified atom stereocenters. The van der Waals surface area contributed by atoms with Crippen molar-refractivity contribution in [2.75, 3.05) is 5.75 Å². The number of hydrogen-bond acceptors (Lipinski definition) is 4. The molecule has 0 amide bonds. The average Bonchev–Trinajstić information content (AvgIpc) is 3.22. The molecule has 0 saturated carbocycles. The van der Waals surface area contributed by atoms with Crippen LogP contribution in [0.5, 0.6) is 0 Å². The van der Waals surface area contributed by atoms with Crippen molar-refractivity contribution in [1.29, 1.82) is 0 Å². The summed E-state index contributed by atoms with van der Waals surface area (Å²) in [4.78, 5) is 32.9. The van der Waals surface area contributed by atoms with Crippen LogP contribution in [0.25, 0.3) is 16.6 Å². The van der Waals surface area contributed by atoms with Gasteiger partial charge in [0.15, 0.2) is 10.9 Å². The number of H-pyrrole nitrogens is 1. The number of aromatic amines is 1. The van der Waals surface area contributed by atoms with Crippen LogP contribution >= 0.6 is 23.4 Å². The van der Waals surface area contributed by atoms with E-state index in [2.05, 4.69) is 9.97 Å². The number of para-hydroxylation sites is 1. The first-order valence-electron chi connectivity index (χ1n) is 8.20. The lowest BCUT2D eigenvalue weighted by atomic mass is 10.2. The monoisotopic (exact) mass is 395 g/mol. The fraction of sp³-hybridized carbons (Fsp3) is 0.0500. The largest absolute Gasteiger partial charge is 0.359 e. The number of carbonyl (C=O) groups excluding carboxylic acids is 1. The van der Waals surface area contributed by atoms with Crippen LogP contribution in [0.4, 0.5) is 0 Å².